The first-order valence-electron chi connectivity index (χ1n) is 8.78. The van der Waals surface area contributed by atoms with Gasteiger partial charge in [0.25, 0.3) is 5.91 Å². The smallest absolute Gasteiger partial charge is 0.254 e. The molecule has 1 saturated heterocycles. The van der Waals surface area contributed by atoms with Gasteiger partial charge in [-0.15, -0.1) is 0 Å². The van der Waals surface area contributed by atoms with Crippen LogP contribution in [0.1, 0.15) is 38.7 Å². The highest BCUT2D eigenvalue weighted by Gasteiger charge is 2.38. The molecule has 4 heteroatoms. The summed E-state index contributed by atoms with van der Waals surface area (Å²) in [7, 11) is 0. The molecule has 0 bridgehead atoms. The van der Waals surface area contributed by atoms with Crippen LogP contribution in [0.25, 0.3) is 0 Å². The van der Waals surface area contributed by atoms with Gasteiger partial charge in [0.15, 0.2) is 0 Å². The average molecular weight is 334 g/mol. The molecule has 2 amide bonds. The largest absolute Gasteiger partial charge is 0.332 e. The second-order valence-electron chi connectivity index (χ2n) is 7.04. The fourth-order valence-corrected chi connectivity index (χ4v) is 3.89. The number of carbonyl (C=O) groups is 2. The zero-order valence-corrected chi connectivity index (χ0v) is 14.7. The molecule has 0 N–H and O–H groups in total. The predicted octanol–water partition coefficient (Wildman–Crippen LogP) is 2.89. The molecule has 4 rings (SSSR count). The van der Waals surface area contributed by atoms with Crippen molar-refractivity contribution in [3.05, 3.63) is 70.3 Å². The van der Waals surface area contributed by atoms with Gasteiger partial charge in [0, 0.05) is 18.7 Å². The number of aryl methyl sites for hydroxylation is 2. The summed E-state index contributed by atoms with van der Waals surface area (Å²) in [5.74, 6) is -0.0120. The Bertz CT molecular complexity index is 859. The van der Waals surface area contributed by atoms with Crippen molar-refractivity contribution in [1.29, 1.82) is 0 Å². The number of carbonyl (C=O) groups excluding carboxylic acids is 2. The molecule has 1 fully saturated rings. The molecule has 2 aromatic rings. The van der Waals surface area contributed by atoms with Gasteiger partial charge in [0.05, 0.1) is 6.04 Å². The van der Waals surface area contributed by atoms with Crippen molar-refractivity contribution in [3.63, 3.8) is 0 Å². The van der Waals surface area contributed by atoms with Gasteiger partial charge >= 0.3 is 0 Å². The number of hydrogen-bond acceptors (Lipinski definition) is 2. The molecule has 2 aliphatic heterocycles. The lowest BCUT2D eigenvalue weighted by Gasteiger charge is -2.44. The lowest BCUT2D eigenvalue weighted by atomic mass is 9.90. The quantitative estimate of drug-likeness (QED) is 0.804. The van der Waals surface area contributed by atoms with Crippen LogP contribution in [0.4, 0.5) is 0 Å². The van der Waals surface area contributed by atoms with E-state index in [1.165, 1.54) is 16.7 Å². The van der Waals surface area contributed by atoms with Gasteiger partial charge in [-0.1, -0.05) is 30.3 Å². The summed E-state index contributed by atoms with van der Waals surface area (Å²) in [4.78, 5) is 29.2. The number of nitrogens with zero attached hydrogens (tertiary/aromatic N) is 2. The van der Waals surface area contributed by atoms with E-state index in [1.54, 1.807) is 4.90 Å². The van der Waals surface area contributed by atoms with Crippen LogP contribution in [0.2, 0.25) is 0 Å². The third kappa shape index (κ3) is 2.72. The van der Waals surface area contributed by atoms with Crippen molar-refractivity contribution in [2.45, 2.75) is 26.3 Å². The maximum Gasteiger partial charge on any atom is 0.254 e. The minimum atomic E-state index is -0.0563. The first-order chi connectivity index (χ1) is 12.0. The fraction of sp³-hybridized carbons (Fsp3) is 0.333. The van der Waals surface area contributed by atoms with E-state index >= 15 is 0 Å². The first-order valence-corrected chi connectivity index (χ1v) is 8.78. The van der Waals surface area contributed by atoms with Crippen molar-refractivity contribution in [3.8, 4) is 0 Å². The summed E-state index contributed by atoms with van der Waals surface area (Å²) in [6, 6.07) is 14.0. The Balaban J connectivity index is 1.64. The van der Waals surface area contributed by atoms with Crippen LogP contribution < -0.4 is 0 Å². The highest BCUT2D eigenvalue weighted by molar-refractivity contribution is 5.97. The highest BCUT2D eigenvalue weighted by Crippen LogP contribution is 2.33. The van der Waals surface area contributed by atoms with Gasteiger partial charge in [-0.05, 0) is 54.7 Å². The van der Waals surface area contributed by atoms with Gasteiger partial charge < -0.3 is 9.80 Å². The monoisotopic (exact) mass is 334 g/mol. The van der Waals surface area contributed by atoms with E-state index in [9.17, 15) is 9.59 Å². The van der Waals surface area contributed by atoms with Gasteiger partial charge in [-0.3, -0.25) is 9.59 Å². The van der Waals surface area contributed by atoms with Crippen molar-refractivity contribution in [2.24, 2.45) is 0 Å². The average Bonchev–Trinajstić information content (AvgIpc) is 2.63. The Morgan fingerprint density at radius 3 is 2.68 bits per heavy atom. The van der Waals surface area contributed by atoms with E-state index in [-0.39, 0.29) is 24.4 Å². The first kappa shape index (κ1) is 15.9. The van der Waals surface area contributed by atoms with Gasteiger partial charge in [-0.2, -0.15) is 0 Å². The van der Waals surface area contributed by atoms with Crippen LogP contribution in [0.3, 0.4) is 0 Å². The molecule has 2 heterocycles. The summed E-state index contributed by atoms with van der Waals surface area (Å²) >= 11 is 0. The number of fused-ring (bicyclic) bond motifs is 3. The van der Waals surface area contributed by atoms with E-state index in [2.05, 4.69) is 12.1 Å². The lowest BCUT2D eigenvalue weighted by Crippen LogP contribution is -2.55. The molecule has 0 radical (unpaired) electrons. The van der Waals surface area contributed by atoms with E-state index in [1.807, 2.05) is 49.1 Å². The van der Waals surface area contributed by atoms with E-state index < -0.39 is 0 Å². The number of piperazine rings is 1. The molecule has 1 atom stereocenters. The molecule has 25 heavy (non-hydrogen) atoms. The van der Waals surface area contributed by atoms with Crippen LogP contribution in [0.5, 0.6) is 0 Å². The van der Waals surface area contributed by atoms with Crippen LogP contribution in [0.15, 0.2) is 42.5 Å². The summed E-state index contributed by atoms with van der Waals surface area (Å²) in [5.41, 5.74) is 5.39. The summed E-state index contributed by atoms with van der Waals surface area (Å²) in [6.07, 6.45) is 0.892. The van der Waals surface area contributed by atoms with E-state index in [0.717, 1.165) is 18.5 Å². The molecule has 0 aromatic heterocycles. The Morgan fingerprint density at radius 1 is 1.08 bits per heavy atom. The Hall–Kier alpha value is -2.62. The standard InChI is InChI=1S/C21H22N2O2/c1-14-7-8-17(11-15(14)2)21(25)22-12-19-18-6-4-3-5-16(18)9-10-23(19)20(24)13-22/h3-8,11,19H,9-10,12-13H2,1-2H3/t19-/m1/s1. The fourth-order valence-electron chi connectivity index (χ4n) is 3.89. The molecular weight excluding hydrogens is 312 g/mol. The van der Waals surface area contributed by atoms with Gasteiger partial charge in [-0.25, -0.2) is 0 Å². The summed E-state index contributed by atoms with van der Waals surface area (Å²) in [5, 5.41) is 0. The third-order valence-corrected chi connectivity index (χ3v) is 5.49. The SMILES string of the molecule is Cc1ccc(C(=O)N2CC(=O)N3CCc4ccccc4[C@H]3C2)cc1C. The summed E-state index contributed by atoms with van der Waals surface area (Å²) < 4.78 is 0. The Labute approximate surface area is 148 Å². The zero-order valence-electron chi connectivity index (χ0n) is 14.7. The normalized spacial score (nSPS) is 19.4. The van der Waals surface area contributed by atoms with Crippen molar-refractivity contribution in [1.82, 2.24) is 9.80 Å². The Morgan fingerprint density at radius 2 is 1.88 bits per heavy atom. The molecule has 2 aromatic carbocycles. The van der Waals surface area contributed by atoms with Crippen molar-refractivity contribution in [2.75, 3.05) is 19.6 Å². The topological polar surface area (TPSA) is 40.6 Å². The van der Waals surface area contributed by atoms with Crippen LogP contribution in [-0.2, 0) is 11.2 Å². The molecule has 0 spiro atoms. The minimum Gasteiger partial charge on any atom is -0.332 e. The van der Waals surface area contributed by atoms with E-state index in [0.29, 0.717) is 12.1 Å². The second-order valence-corrected chi connectivity index (χ2v) is 7.04. The van der Waals surface area contributed by atoms with Crippen LogP contribution in [0, 0.1) is 13.8 Å². The number of amides is 2. The van der Waals surface area contributed by atoms with E-state index in [4.69, 9.17) is 0 Å². The Kier molecular flexibility index (Phi) is 3.83. The molecule has 0 saturated carbocycles. The maximum atomic E-state index is 13.0. The predicted molar refractivity (Wildman–Crippen MR) is 96.4 cm³/mol. The zero-order chi connectivity index (χ0) is 17.6. The second kappa shape index (κ2) is 6.03. The third-order valence-electron chi connectivity index (χ3n) is 5.49. The van der Waals surface area contributed by atoms with Crippen LogP contribution >= 0.6 is 0 Å². The molecule has 128 valence electrons. The minimum absolute atomic E-state index is 0.0262. The van der Waals surface area contributed by atoms with Crippen molar-refractivity contribution < 1.29 is 9.59 Å². The highest BCUT2D eigenvalue weighted by atomic mass is 16.2. The number of benzene rings is 2. The molecule has 2 aliphatic rings. The van der Waals surface area contributed by atoms with Crippen LogP contribution in [-0.4, -0.2) is 41.2 Å². The molecular formula is C21H22N2O2. The summed E-state index contributed by atoms with van der Waals surface area (Å²) in [6.45, 7) is 5.52. The van der Waals surface area contributed by atoms with Crippen molar-refractivity contribution >= 4 is 11.8 Å². The number of hydrogen-bond donors (Lipinski definition) is 0. The van der Waals surface area contributed by atoms with Gasteiger partial charge in [0.2, 0.25) is 5.91 Å². The molecule has 4 nitrogen and oxygen atoms in total. The van der Waals surface area contributed by atoms with Gasteiger partial charge in [0.1, 0.15) is 6.54 Å². The lowest BCUT2D eigenvalue weighted by molar-refractivity contribution is -0.139. The maximum absolute atomic E-state index is 13.0. The molecule has 0 aliphatic carbocycles. The molecule has 0 unspecified atom stereocenters. The number of rotatable bonds is 1.